The van der Waals surface area contributed by atoms with E-state index in [2.05, 4.69) is 6.92 Å². The molecule has 4 heteroatoms. The number of hydrogen-bond donors (Lipinski definition) is 0. The van der Waals surface area contributed by atoms with Gasteiger partial charge >= 0.3 is 5.97 Å². The second kappa shape index (κ2) is 8.38. The van der Waals surface area contributed by atoms with Gasteiger partial charge in [-0.25, -0.2) is 4.79 Å². The van der Waals surface area contributed by atoms with Crippen LogP contribution in [0.25, 0.3) is 0 Å². The van der Waals surface area contributed by atoms with E-state index in [9.17, 15) is 4.79 Å². The normalized spacial score (nSPS) is 38.9. The zero-order chi connectivity index (χ0) is 19.6. The predicted octanol–water partition coefficient (Wildman–Crippen LogP) is 5.55. The van der Waals surface area contributed by atoms with Gasteiger partial charge in [-0.2, -0.15) is 0 Å². The molecule has 4 bridgehead atoms. The summed E-state index contributed by atoms with van der Waals surface area (Å²) < 4.78 is 17.6. The average Bonchev–Trinajstić information content (AvgIpc) is 2.60. The highest BCUT2D eigenvalue weighted by Gasteiger charge is 2.53. The fourth-order valence-corrected chi connectivity index (χ4v) is 6.66. The van der Waals surface area contributed by atoms with Crippen LogP contribution in [0.5, 0.6) is 0 Å². The lowest BCUT2D eigenvalue weighted by molar-refractivity contribution is -0.182. The number of hydrogen-bond acceptors (Lipinski definition) is 4. The molecule has 4 aliphatic carbocycles. The summed E-state index contributed by atoms with van der Waals surface area (Å²) in [5, 5.41) is 0. The Balaban J connectivity index is 1.17. The Hall–Kier alpha value is -1.03. The molecule has 5 fully saturated rings. The summed E-state index contributed by atoms with van der Waals surface area (Å²) >= 11 is 0. The van der Waals surface area contributed by atoms with E-state index in [1.165, 1.54) is 38.5 Å². The van der Waals surface area contributed by atoms with Crippen LogP contribution in [0.4, 0.5) is 0 Å². The van der Waals surface area contributed by atoms with E-state index < -0.39 is 0 Å². The third kappa shape index (κ3) is 4.42. The number of esters is 1. The molecule has 4 saturated carbocycles. The van der Waals surface area contributed by atoms with Gasteiger partial charge in [-0.05, 0) is 95.3 Å². The average molecular weight is 391 g/mol. The molecular formula is C24H38O4. The van der Waals surface area contributed by atoms with Crippen LogP contribution in [0.2, 0.25) is 0 Å². The summed E-state index contributed by atoms with van der Waals surface area (Å²) in [4.78, 5) is 12.6. The van der Waals surface area contributed by atoms with Gasteiger partial charge in [0.1, 0.15) is 5.60 Å². The Kier molecular flexibility index (Phi) is 6.06. The zero-order valence-corrected chi connectivity index (χ0v) is 17.8. The predicted molar refractivity (Wildman–Crippen MR) is 109 cm³/mol. The van der Waals surface area contributed by atoms with E-state index in [0.29, 0.717) is 12.2 Å². The fourth-order valence-electron chi connectivity index (χ4n) is 6.66. The van der Waals surface area contributed by atoms with Crippen LogP contribution in [0.15, 0.2) is 11.8 Å². The Morgan fingerprint density at radius 1 is 1.07 bits per heavy atom. The number of ether oxygens (including phenoxy) is 3. The van der Waals surface area contributed by atoms with Gasteiger partial charge in [0.05, 0.1) is 30.6 Å². The monoisotopic (exact) mass is 390 g/mol. The first-order valence-corrected chi connectivity index (χ1v) is 11.7. The van der Waals surface area contributed by atoms with Crippen LogP contribution in [-0.2, 0) is 19.0 Å². The first kappa shape index (κ1) is 20.3. The minimum Gasteiger partial charge on any atom is -0.501 e. The van der Waals surface area contributed by atoms with Crippen LogP contribution < -0.4 is 0 Å². The maximum atomic E-state index is 12.6. The minimum absolute atomic E-state index is 0.155. The Bertz CT molecular complexity index is 554. The van der Waals surface area contributed by atoms with E-state index in [4.69, 9.17) is 14.2 Å². The summed E-state index contributed by atoms with van der Waals surface area (Å²) in [7, 11) is 0. The molecule has 0 aromatic heterocycles. The van der Waals surface area contributed by atoms with Gasteiger partial charge in [0.2, 0.25) is 0 Å². The van der Waals surface area contributed by atoms with E-state index >= 15 is 0 Å². The maximum Gasteiger partial charge on any atom is 0.337 e. The van der Waals surface area contributed by atoms with E-state index in [1.807, 2.05) is 6.92 Å². The maximum absolute atomic E-state index is 12.6. The van der Waals surface area contributed by atoms with Crippen molar-refractivity contribution < 1.29 is 19.0 Å². The van der Waals surface area contributed by atoms with Crippen LogP contribution in [0.3, 0.4) is 0 Å². The topological polar surface area (TPSA) is 44.8 Å². The molecule has 0 N–H and O–H groups in total. The third-order valence-electron chi connectivity index (χ3n) is 7.69. The van der Waals surface area contributed by atoms with Crippen LogP contribution in [-0.4, -0.2) is 30.4 Å². The molecule has 5 rings (SSSR count). The smallest absolute Gasteiger partial charge is 0.337 e. The van der Waals surface area contributed by atoms with Crippen molar-refractivity contribution in [3.05, 3.63) is 11.8 Å². The number of rotatable bonds is 10. The van der Waals surface area contributed by atoms with E-state index in [1.54, 1.807) is 6.26 Å². The summed E-state index contributed by atoms with van der Waals surface area (Å²) in [6, 6.07) is 0. The van der Waals surface area contributed by atoms with Crippen molar-refractivity contribution in [2.75, 3.05) is 13.2 Å². The van der Waals surface area contributed by atoms with Crippen molar-refractivity contribution in [1.29, 1.82) is 0 Å². The second-order valence-electron chi connectivity index (χ2n) is 10.2. The van der Waals surface area contributed by atoms with Crippen LogP contribution in [0, 0.1) is 17.8 Å². The third-order valence-corrected chi connectivity index (χ3v) is 7.69. The van der Waals surface area contributed by atoms with Crippen molar-refractivity contribution in [3.8, 4) is 0 Å². The molecule has 5 aliphatic rings. The van der Waals surface area contributed by atoms with Crippen LogP contribution in [0.1, 0.15) is 90.9 Å². The summed E-state index contributed by atoms with van der Waals surface area (Å²) in [5.41, 5.74) is 0.583. The molecule has 0 aromatic rings. The van der Waals surface area contributed by atoms with E-state index in [0.717, 1.165) is 62.9 Å². The first-order valence-electron chi connectivity index (χ1n) is 11.7. The van der Waals surface area contributed by atoms with E-state index in [-0.39, 0.29) is 17.2 Å². The molecule has 28 heavy (non-hydrogen) atoms. The molecule has 1 aliphatic heterocycles. The highest BCUT2D eigenvalue weighted by atomic mass is 16.6. The van der Waals surface area contributed by atoms with Gasteiger partial charge in [0, 0.05) is 0 Å². The molecule has 0 spiro atoms. The lowest BCUT2D eigenvalue weighted by atomic mass is 9.54. The zero-order valence-electron chi connectivity index (χ0n) is 17.8. The van der Waals surface area contributed by atoms with Gasteiger partial charge in [0.15, 0.2) is 0 Å². The van der Waals surface area contributed by atoms with Gasteiger partial charge in [0.25, 0.3) is 0 Å². The highest BCUT2D eigenvalue weighted by molar-refractivity contribution is 5.87. The molecule has 158 valence electrons. The van der Waals surface area contributed by atoms with Gasteiger partial charge in [-0.3, -0.25) is 0 Å². The van der Waals surface area contributed by atoms with Crippen molar-refractivity contribution in [3.63, 3.8) is 0 Å². The van der Waals surface area contributed by atoms with Crippen molar-refractivity contribution in [2.24, 2.45) is 17.8 Å². The Morgan fingerprint density at radius 2 is 1.71 bits per heavy atom. The molecule has 1 heterocycles. The second-order valence-corrected chi connectivity index (χ2v) is 10.2. The molecule has 1 atom stereocenters. The molecule has 1 saturated heterocycles. The summed E-state index contributed by atoms with van der Waals surface area (Å²) in [5.74, 6) is 2.19. The lowest BCUT2D eigenvalue weighted by Crippen LogP contribution is -2.52. The van der Waals surface area contributed by atoms with Crippen LogP contribution >= 0.6 is 0 Å². The Labute approximate surface area is 170 Å². The summed E-state index contributed by atoms with van der Waals surface area (Å²) in [6.45, 7) is 5.62. The first-order chi connectivity index (χ1) is 13.5. The lowest BCUT2D eigenvalue weighted by Gasteiger charge is -2.55. The SMILES string of the molecule is CCCC1(CCCCOC=C(C)C(=O)OC23CC4CC(CC(C4)C2)C3)CCO1. The van der Waals surface area contributed by atoms with Gasteiger partial charge in [-0.1, -0.05) is 13.3 Å². The fraction of sp³-hybridized carbons (Fsp3) is 0.875. The Morgan fingerprint density at radius 3 is 2.25 bits per heavy atom. The van der Waals surface area contributed by atoms with Gasteiger partial charge < -0.3 is 14.2 Å². The number of unbranched alkanes of at least 4 members (excludes halogenated alkanes) is 1. The van der Waals surface area contributed by atoms with Crippen molar-refractivity contribution in [2.45, 2.75) is 102 Å². The molecule has 0 radical (unpaired) electrons. The quantitative estimate of drug-likeness (QED) is 0.212. The number of carbonyl (C=O) groups is 1. The molecular weight excluding hydrogens is 352 g/mol. The highest BCUT2D eigenvalue weighted by Crippen LogP contribution is 2.57. The van der Waals surface area contributed by atoms with Gasteiger partial charge in [-0.15, -0.1) is 0 Å². The summed E-state index contributed by atoms with van der Waals surface area (Å²) in [6.07, 6.45) is 15.8. The molecule has 1 unspecified atom stereocenters. The molecule has 4 nitrogen and oxygen atoms in total. The largest absolute Gasteiger partial charge is 0.501 e. The molecule has 0 aromatic carbocycles. The van der Waals surface area contributed by atoms with Crippen molar-refractivity contribution >= 4 is 5.97 Å². The molecule has 0 amide bonds. The minimum atomic E-state index is -0.174. The number of carbonyl (C=O) groups excluding carboxylic acids is 1. The van der Waals surface area contributed by atoms with Crippen molar-refractivity contribution in [1.82, 2.24) is 0 Å². The standard InChI is InChI=1S/C24H38O4/c1-3-6-23(8-10-27-23)7-4-5-9-26-17-18(2)22(25)28-24-14-19-11-20(15-24)13-21(12-19)16-24/h17,19-21H,3-16H2,1-2H3.